The summed E-state index contributed by atoms with van der Waals surface area (Å²) in [6.07, 6.45) is 4.78. The molecule has 2 aliphatic rings. The maximum absolute atomic E-state index is 9.30. The molecular formula is C16H27N5O2. The first-order valence-corrected chi connectivity index (χ1v) is 8.67. The Morgan fingerprint density at radius 1 is 0.870 bits per heavy atom. The largest absolute Gasteiger partial charge is 0.395 e. The minimum atomic E-state index is 0.0437. The van der Waals surface area contributed by atoms with Gasteiger partial charge in [0.25, 0.3) is 0 Å². The van der Waals surface area contributed by atoms with Gasteiger partial charge in [-0.1, -0.05) is 0 Å². The summed E-state index contributed by atoms with van der Waals surface area (Å²) in [6, 6.07) is 2.00. The molecule has 2 saturated heterocycles. The third kappa shape index (κ3) is 3.84. The lowest BCUT2D eigenvalue weighted by molar-refractivity contribution is 0.280. The van der Waals surface area contributed by atoms with Crippen molar-refractivity contribution >= 4 is 17.6 Å². The molecule has 3 heterocycles. The average molecular weight is 321 g/mol. The van der Waals surface area contributed by atoms with Gasteiger partial charge in [-0.3, -0.25) is 0 Å². The van der Waals surface area contributed by atoms with Crippen LogP contribution >= 0.6 is 0 Å². The normalized spacial score (nSPS) is 18.0. The third-order valence-electron chi connectivity index (χ3n) is 4.57. The topological polar surface area (TPSA) is 76.0 Å². The van der Waals surface area contributed by atoms with Gasteiger partial charge in [0.15, 0.2) is 0 Å². The van der Waals surface area contributed by atoms with Crippen molar-refractivity contribution in [1.29, 1.82) is 0 Å². The van der Waals surface area contributed by atoms with E-state index in [0.29, 0.717) is 13.1 Å². The summed E-state index contributed by atoms with van der Waals surface area (Å²) < 4.78 is 0. The summed E-state index contributed by atoms with van der Waals surface area (Å²) in [6.45, 7) is 5.11. The van der Waals surface area contributed by atoms with Crippen molar-refractivity contribution in [1.82, 2.24) is 9.97 Å². The molecule has 0 atom stereocenters. The van der Waals surface area contributed by atoms with Crippen LogP contribution < -0.4 is 14.7 Å². The molecule has 7 heteroatoms. The van der Waals surface area contributed by atoms with E-state index in [1.165, 1.54) is 25.7 Å². The van der Waals surface area contributed by atoms with Crippen molar-refractivity contribution in [2.24, 2.45) is 0 Å². The van der Waals surface area contributed by atoms with Crippen LogP contribution in [0, 0.1) is 0 Å². The summed E-state index contributed by atoms with van der Waals surface area (Å²) in [5.41, 5.74) is 0. The Labute approximate surface area is 137 Å². The van der Waals surface area contributed by atoms with Gasteiger partial charge < -0.3 is 24.9 Å². The van der Waals surface area contributed by atoms with Crippen molar-refractivity contribution < 1.29 is 10.2 Å². The molecule has 0 aliphatic carbocycles. The molecule has 0 radical (unpaired) electrons. The molecule has 23 heavy (non-hydrogen) atoms. The van der Waals surface area contributed by atoms with Crippen LogP contribution in [0.15, 0.2) is 6.07 Å². The first-order valence-electron chi connectivity index (χ1n) is 8.67. The predicted molar refractivity (Wildman–Crippen MR) is 91.3 cm³/mol. The predicted octanol–water partition coefficient (Wildman–Crippen LogP) is 0.468. The molecule has 0 bridgehead atoms. The highest BCUT2D eigenvalue weighted by Gasteiger charge is 2.21. The van der Waals surface area contributed by atoms with E-state index in [4.69, 9.17) is 9.97 Å². The van der Waals surface area contributed by atoms with Crippen LogP contribution in [0.5, 0.6) is 0 Å². The maximum Gasteiger partial charge on any atom is 0.229 e. The van der Waals surface area contributed by atoms with E-state index in [2.05, 4.69) is 9.80 Å². The van der Waals surface area contributed by atoms with Crippen molar-refractivity contribution in [3.63, 3.8) is 0 Å². The molecule has 2 aliphatic heterocycles. The van der Waals surface area contributed by atoms with Crippen molar-refractivity contribution in [3.8, 4) is 0 Å². The first kappa shape index (κ1) is 16.3. The van der Waals surface area contributed by atoms with Crippen LogP contribution in [0.4, 0.5) is 17.6 Å². The van der Waals surface area contributed by atoms with Crippen LogP contribution in [0.3, 0.4) is 0 Å². The van der Waals surface area contributed by atoms with Gasteiger partial charge in [-0.15, -0.1) is 0 Å². The van der Waals surface area contributed by atoms with E-state index < -0.39 is 0 Å². The monoisotopic (exact) mass is 321 g/mol. The Kier molecular flexibility index (Phi) is 5.51. The fourth-order valence-electron chi connectivity index (χ4n) is 3.32. The number of nitrogens with zero attached hydrogens (tertiary/aromatic N) is 5. The Morgan fingerprint density at radius 3 is 2.00 bits per heavy atom. The molecule has 0 saturated carbocycles. The standard InChI is InChI=1S/C16H27N5O2/c22-11-9-20(10-12-23)15-13-14(19-5-1-2-6-19)17-16(18-15)21-7-3-4-8-21/h13,22-23H,1-12H2. The molecular weight excluding hydrogens is 294 g/mol. The second kappa shape index (κ2) is 7.79. The maximum atomic E-state index is 9.30. The highest BCUT2D eigenvalue weighted by molar-refractivity contribution is 5.56. The van der Waals surface area contributed by atoms with Gasteiger partial charge in [0, 0.05) is 45.3 Å². The lowest BCUT2D eigenvalue weighted by atomic mass is 10.4. The third-order valence-corrected chi connectivity index (χ3v) is 4.57. The van der Waals surface area contributed by atoms with E-state index in [9.17, 15) is 10.2 Å². The fourth-order valence-corrected chi connectivity index (χ4v) is 3.32. The minimum absolute atomic E-state index is 0.0437. The lowest BCUT2D eigenvalue weighted by Crippen LogP contribution is -2.32. The second-order valence-corrected chi connectivity index (χ2v) is 6.21. The summed E-state index contributed by atoms with van der Waals surface area (Å²) in [5, 5.41) is 18.6. The van der Waals surface area contributed by atoms with Crippen LogP contribution in [0.1, 0.15) is 25.7 Å². The number of hydrogen-bond acceptors (Lipinski definition) is 7. The highest BCUT2D eigenvalue weighted by atomic mass is 16.3. The van der Waals surface area contributed by atoms with E-state index >= 15 is 0 Å². The van der Waals surface area contributed by atoms with Gasteiger partial charge in [0.2, 0.25) is 5.95 Å². The highest BCUT2D eigenvalue weighted by Crippen LogP contribution is 2.27. The molecule has 128 valence electrons. The molecule has 1 aromatic heterocycles. The van der Waals surface area contributed by atoms with Gasteiger partial charge in [-0.2, -0.15) is 9.97 Å². The van der Waals surface area contributed by atoms with Crippen LogP contribution in [0.25, 0.3) is 0 Å². The van der Waals surface area contributed by atoms with E-state index in [1.807, 2.05) is 11.0 Å². The Bertz CT molecular complexity index is 461. The Morgan fingerprint density at radius 2 is 1.43 bits per heavy atom. The smallest absolute Gasteiger partial charge is 0.229 e. The molecule has 7 nitrogen and oxygen atoms in total. The van der Waals surface area contributed by atoms with E-state index in [-0.39, 0.29) is 13.2 Å². The molecule has 0 amide bonds. The zero-order valence-corrected chi connectivity index (χ0v) is 13.7. The summed E-state index contributed by atoms with van der Waals surface area (Å²) in [4.78, 5) is 16.0. The Hall–Kier alpha value is -1.60. The number of aliphatic hydroxyl groups is 2. The molecule has 0 aromatic carbocycles. The van der Waals surface area contributed by atoms with Crippen LogP contribution in [-0.2, 0) is 0 Å². The molecule has 3 rings (SSSR count). The zero-order chi connectivity index (χ0) is 16.1. The molecule has 2 N–H and O–H groups in total. The van der Waals surface area contributed by atoms with Gasteiger partial charge >= 0.3 is 0 Å². The van der Waals surface area contributed by atoms with Crippen LogP contribution in [0.2, 0.25) is 0 Å². The van der Waals surface area contributed by atoms with E-state index in [1.54, 1.807) is 0 Å². The first-order chi connectivity index (χ1) is 11.3. The fraction of sp³-hybridized carbons (Fsp3) is 0.750. The minimum Gasteiger partial charge on any atom is -0.395 e. The Balaban J connectivity index is 1.92. The summed E-state index contributed by atoms with van der Waals surface area (Å²) in [7, 11) is 0. The SMILES string of the molecule is OCCN(CCO)c1cc(N2CCCC2)nc(N2CCCC2)n1. The quantitative estimate of drug-likeness (QED) is 0.756. The van der Waals surface area contributed by atoms with Gasteiger partial charge in [0.1, 0.15) is 11.6 Å². The van der Waals surface area contributed by atoms with Crippen molar-refractivity contribution in [2.75, 3.05) is 67.2 Å². The lowest BCUT2D eigenvalue weighted by Gasteiger charge is -2.26. The number of aromatic nitrogens is 2. The van der Waals surface area contributed by atoms with E-state index in [0.717, 1.165) is 43.8 Å². The molecule has 2 fully saturated rings. The van der Waals surface area contributed by atoms with Crippen LogP contribution in [-0.4, -0.2) is 72.7 Å². The average Bonchev–Trinajstić information content (AvgIpc) is 3.27. The van der Waals surface area contributed by atoms with Gasteiger partial charge in [-0.05, 0) is 25.7 Å². The number of aliphatic hydroxyl groups excluding tert-OH is 2. The number of rotatable bonds is 7. The van der Waals surface area contributed by atoms with Crippen molar-refractivity contribution in [3.05, 3.63) is 6.07 Å². The second-order valence-electron chi connectivity index (χ2n) is 6.21. The molecule has 0 spiro atoms. The van der Waals surface area contributed by atoms with Crippen molar-refractivity contribution in [2.45, 2.75) is 25.7 Å². The summed E-state index contributed by atoms with van der Waals surface area (Å²) >= 11 is 0. The number of anilines is 3. The van der Waals surface area contributed by atoms with Gasteiger partial charge in [-0.25, -0.2) is 0 Å². The molecule has 0 unspecified atom stereocenters. The van der Waals surface area contributed by atoms with Gasteiger partial charge in [0.05, 0.1) is 13.2 Å². The zero-order valence-electron chi connectivity index (χ0n) is 13.7. The molecule has 1 aromatic rings. The number of hydrogen-bond donors (Lipinski definition) is 2. The summed E-state index contributed by atoms with van der Waals surface area (Å²) in [5.74, 6) is 2.55.